The third kappa shape index (κ3) is 3.65. The van der Waals surface area contributed by atoms with E-state index in [-0.39, 0.29) is 17.9 Å². The van der Waals surface area contributed by atoms with Gasteiger partial charge in [-0.15, -0.1) is 0 Å². The van der Waals surface area contributed by atoms with Crippen LogP contribution in [0.15, 0.2) is 30.3 Å². The molecule has 120 valence electrons. The van der Waals surface area contributed by atoms with Crippen molar-refractivity contribution in [2.45, 2.75) is 46.2 Å². The first-order valence-corrected chi connectivity index (χ1v) is 7.49. The highest BCUT2D eigenvalue weighted by atomic mass is 16.7. The molecule has 1 heterocycles. The lowest BCUT2D eigenvalue weighted by Crippen LogP contribution is -2.34. The van der Waals surface area contributed by atoms with Crippen molar-refractivity contribution >= 4 is 11.9 Å². The molecule has 5 nitrogen and oxygen atoms in total. The molecular weight excluding hydrogens is 284 g/mol. The maximum atomic E-state index is 12.2. The van der Waals surface area contributed by atoms with Gasteiger partial charge in [0.05, 0.1) is 11.7 Å². The molecule has 1 aromatic rings. The van der Waals surface area contributed by atoms with E-state index in [2.05, 4.69) is 0 Å². The van der Waals surface area contributed by atoms with Gasteiger partial charge >= 0.3 is 11.9 Å². The zero-order chi connectivity index (χ0) is 16.3. The van der Waals surface area contributed by atoms with E-state index in [0.717, 1.165) is 0 Å². The molecule has 0 amide bonds. The monoisotopic (exact) mass is 306 g/mol. The van der Waals surface area contributed by atoms with Crippen molar-refractivity contribution in [3.63, 3.8) is 0 Å². The van der Waals surface area contributed by atoms with Gasteiger partial charge in [0.25, 0.3) is 0 Å². The smallest absolute Gasteiger partial charge is 0.338 e. The molecule has 1 aliphatic rings. The lowest BCUT2D eigenvalue weighted by atomic mass is 9.93. The lowest BCUT2D eigenvalue weighted by Gasteiger charge is -2.21. The van der Waals surface area contributed by atoms with Gasteiger partial charge in [-0.25, -0.2) is 4.79 Å². The predicted molar refractivity (Wildman–Crippen MR) is 80.1 cm³/mol. The van der Waals surface area contributed by atoms with Crippen LogP contribution < -0.4 is 0 Å². The Hall–Kier alpha value is -1.88. The lowest BCUT2D eigenvalue weighted by molar-refractivity contribution is -0.188. The molecule has 1 saturated heterocycles. The van der Waals surface area contributed by atoms with Crippen LogP contribution >= 0.6 is 0 Å². The molecule has 1 aliphatic heterocycles. The fraction of sp³-hybridized carbons (Fsp3) is 0.529. The van der Waals surface area contributed by atoms with Gasteiger partial charge in [-0.1, -0.05) is 39.0 Å². The molecule has 0 aromatic heterocycles. The number of carbonyl (C=O) groups is 2. The standard InChI is InChI=1S/C17H22O5/c1-10(2)14-11(3)15(17(22-14)20-12(4)18)21-16(19)13-8-6-5-7-9-13/h5-11,14-15,17H,1-4H3/t11-,14-,15?,17?/m1/s1. The van der Waals surface area contributed by atoms with Gasteiger partial charge in [0.2, 0.25) is 6.29 Å². The molecular formula is C17H22O5. The maximum absolute atomic E-state index is 12.2. The summed E-state index contributed by atoms with van der Waals surface area (Å²) in [5, 5.41) is 0. The Morgan fingerprint density at radius 2 is 1.77 bits per heavy atom. The fourth-order valence-electron chi connectivity index (χ4n) is 2.74. The summed E-state index contributed by atoms with van der Waals surface area (Å²) in [6.45, 7) is 7.30. The summed E-state index contributed by atoms with van der Waals surface area (Å²) in [5.74, 6) is -0.726. The van der Waals surface area contributed by atoms with Crippen LogP contribution in [0.5, 0.6) is 0 Å². The van der Waals surface area contributed by atoms with E-state index in [9.17, 15) is 9.59 Å². The van der Waals surface area contributed by atoms with Gasteiger partial charge in [0, 0.05) is 12.8 Å². The molecule has 2 rings (SSSR count). The number of rotatable bonds is 4. The Kier molecular flexibility index (Phi) is 5.19. The number of carbonyl (C=O) groups excluding carboxylic acids is 2. The normalized spacial score (nSPS) is 27.7. The Morgan fingerprint density at radius 3 is 2.32 bits per heavy atom. The average molecular weight is 306 g/mol. The highest BCUT2D eigenvalue weighted by molar-refractivity contribution is 5.89. The zero-order valence-corrected chi connectivity index (χ0v) is 13.3. The van der Waals surface area contributed by atoms with E-state index >= 15 is 0 Å². The number of hydrogen-bond acceptors (Lipinski definition) is 5. The molecule has 0 saturated carbocycles. The minimum Gasteiger partial charge on any atom is -0.452 e. The minimum absolute atomic E-state index is 0.0583. The summed E-state index contributed by atoms with van der Waals surface area (Å²) in [4.78, 5) is 23.5. The first-order chi connectivity index (χ1) is 10.4. The summed E-state index contributed by atoms with van der Waals surface area (Å²) in [6, 6.07) is 8.74. The maximum Gasteiger partial charge on any atom is 0.338 e. The summed E-state index contributed by atoms with van der Waals surface area (Å²) >= 11 is 0. The largest absolute Gasteiger partial charge is 0.452 e. The first-order valence-electron chi connectivity index (χ1n) is 7.49. The fourth-order valence-corrected chi connectivity index (χ4v) is 2.74. The SMILES string of the molecule is CC(=O)OC1O[C@H](C(C)C)[C@@H](C)C1OC(=O)c1ccccc1. The van der Waals surface area contributed by atoms with Gasteiger partial charge in [-0.05, 0) is 18.1 Å². The molecule has 0 N–H and O–H groups in total. The van der Waals surface area contributed by atoms with Crippen molar-refractivity contribution in [1.29, 1.82) is 0 Å². The summed E-state index contributed by atoms with van der Waals surface area (Å²) < 4.78 is 16.5. The van der Waals surface area contributed by atoms with Crippen LogP contribution in [-0.4, -0.2) is 30.4 Å². The quantitative estimate of drug-likeness (QED) is 0.800. The Labute approximate surface area is 130 Å². The van der Waals surface area contributed by atoms with Crippen molar-refractivity contribution < 1.29 is 23.8 Å². The molecule has 4 atom stereocenters. The minimum atomic E-state index is -0.854. The van der Waals surface area contributed by atoms with E-state index in [1.165, 1.54) is 6.92 Å². The summed E-state index contributed by atoms with van der Waals surface area (Å²) in [7, 11) is 0. The molecule has 2 unspecified atom stereocenters. The van der Waals surface area contributed by atoms with Crippen molar-refractivity contribution in [3.05, 3.63) is 35.9 Å². The molecule has 0 aliphatic carbocycles. The number of ether oxygens (including phenoxy) is 3. The predicted octanol–water partition coefficient (Wildman–Crippen LogP) is 2.79. The average Bonchev–Trinajstić information content (AvgIpc) is 2.76. The van der Waals surface area contributed by atoms with Crippen LogP contribution in [0, 0.1) is 11.8 Å². The summed E-state index contributed by atoms with van der Waals surface area (Å²) in [6.07, 6.45) is -1.59. The van der Waals surface area contributed by atoms with Crippen LogP contribution in [0.25, 0.3) is 0 Å². The first kappa shape index (κ1) is 16.5. The van der Waals surface area contributed by atoms with Gasteiger partial charge < -0.3 is 14.2 Å². The van der Waals surface area contributed by atoms with Gasteiger partial charge in [0.15, 0.2) is 6.10 Å². The highest BCUT2D eigenvalue weighted by Gasteiger charge is 2.47. The van der Waals surface area contributed by atoms with Crippen LogP contribution in [-0.2, 0) is 19.0 Å². The molecule has 1 aromatic carbocycles. The number of benzene rings is 1. The van der Waals surface area contributed by atoms with Crippen LogP contribution in [0.2, 0.25) is 0 Å². The van der Waals surface area contributed by atoms with Crippen molar-refractivity contribution in [3.8, 4) is 0 Å². The van der Waals surface area contributed by atoms with Gasteiger partial charge in [-0.2, -0.15) is 0 Å². The topological polar surface area (TPSA) is 61.8 Å². The van der Waals surface area contributed by atoms with Crippen molar-refractivity contribution in [1.82, 2.24) is 0 Å². The van der Waals surface area contributed by atoms with Crippen molar-refractivity contribution in [2.24, 2.45) is 11.8 Å². The number of esters is 2. The molecule has 1 fully saturated rings. The number of hydrogen-bond donors (Lipinski definition) is 0. The van der Waals surface area contributed by atoms with Crippen molar-refractivity contribution in [2.75, 3.05) is 0 Å². The van der Waals surface area contributed by atoms with Crippen LogP contribution in [0.3, 0.4) is 0 Å². The van der Waals surface area contributed by atoms with E-state index < -0.39 is 24.3 Å². The molecule has 0 bridgehead atoms. The van der Waals surface area contributed by atoms with E-state index in [0.29, 0.717) is 5.56 Å². The second kappa shape index (κ2) is 6.92. The molecule has 5 heteroatoms. The van der Waals surface area contributed by atoms with Gasteiger partial charge in [-0.3, -0.25) is 4.79 Å². The highest BCUT2D eigenvalue weighted by Crippen LogP contribution is 2.34. The molecule has 0 spiro atoms. The Bertz CT molecular complexity index is 525. The summed E-state index contributed by atoms with van der Waals surface area (Å²) in [5.41, 5.74) is 0.462. The third-order valence-corrected chi connectivity index (χ3v) is 3.79. The second-order valence-corrected chi connectivity index (χ2v) is 5.92. The molecule has 0 radical (unpaired) electrons. The van der Waals surface area contributed by atoms with Crippen LogP contribution in [0.1, 0.15) is 38.1 Å². The Balaban J connectivity index is 2.14. The zero-order valence-electron chi connectivity index (χ0n) is 13.3. The third-order valence-electron chi connectivity index (χ3n) is 3.79. The van der Waals surface area contributed by atoms with Gasteiger partial charge in [0.1, 0.15) is 0 Å². The van der Waals surface area contributed by atoms with E-state index in [4.69, 9.17) is 14.2 Å². The Morgan fingerprint density at radius 1 is 1.14 bits per heavy atom. The van der Waals surface area contributed by atoms with Crippen LogP contribution in [0.4, 0.5) is 0 Å². The van der Waals surface area contributed by atoms with E-state index in [1.807, 2.05) is 26.8 Å². The molecule has 22 heavy (non-hydrogen) atoms. The second-order valence-electron chi connectivity index (χ2n) is 5.92. The van der Waals surface area contributed by atoms with E-state index in [1.54, 1.807) is 24.3 Å².